The van der Waals surface area contributed by atoms with Gasteiger partial charge in [0.25, 0.3) is 0 Å². The van der Waals surface area contributed by atoms with E-state index >= 15 is 0 Å². The van der Waals surface area contributed by atoms with Gasteiger partial charge in [0.2, 0.25) is 0 Å². The average molecular weight is 446 g/mol. The Kier molecular flexibility index (Phi) is 4.99. The first kappa shape index (κ1) is 20.1. The Hall–Kier alpha value is -4.52. The van der Waals surface area contributed by atoms with Crippen LogP contribution in [0.25, 0.3) is 33.1 Å². The second-order valence-electron chi connectivity index (χ2n) is 8.31. The minimum Gasteiger partial charge on any atom is -0.373 e. The molecule has 2 N–H and O–H groups in total. The van der Waals surface area contributed by atoms with E-state index in [9.17, 15) is 0 Å². The topological polar surface area (TPSA) is 80.0 Å². The summed E-state index contributed by atoms with van der Waals surface area (Å²) in [5.74, 6) is 0. The van der Waals surface area contributed by atoms with E-state index in [1.54, 1.807) is 18.6 Å². The molecule has 1 aliphatic rings. The van der Waals surface area contributed by atoms with Crippen LogP contribution in [0, 0.1) is 0 Å². The van der Waals surface area contributed by atoms with Crippen LogP contribution in [0.15, 0.2) is 96.8 Å². The number of nitrogens with zero attached hydrogens (tertiary/aromatic N) is 5. The highest BCUT2D eigenvalue weighted by atomic mass is 15.3. The summed E-state index contributed by atoms with van der Waals surface area (Å²) in [6.07, 6.45) is 13.3. The molecule has 5 aromatic rings. The zero-order valence-electron chi connectivity index (χ0n) is 18.7. The third-order valence-corrected chi connectivity index (χ3v) is 6.10. The van der Waals surface area contributed by atoms with Crippen LogP contribution < -0.4 is 10.7 Å². The van der Waals surface area contributed by atoms with Crippen LogP contribution in [0.4, 0.5) is 5.69 Å². The van der Waals surface area contributed by atoms with Crippen molar-refractivity contribution in [3.8, 4) is 11.1 Å². The molecular formula is C27H23N7. The van der Waals surface area contributed by atoms with Gasteiger partial charge >= 0.3 is 0 Å². The van der Waals surface area contributed by atoms with Gasteiger partial charge in [-0.3, -0.25) is 15.0 Å². The molecule has 0 amide bonds. The predicted octanol–water partition coefficient (Wildman–Crippen LogP) is 4.85. The number of aromatic nitrogens is 4. The van der Waals surface area contributed by atoms with E-state index < -0.39 is 0 Å². The molecule has 0 aliphatic carbocycles. The number of rotatable bonds is 5. The van der Waals surface area contributed by atoms with Gasteiger partial charge in [-0.25, -0.2) is 0 Å². The summed E-state index contributed by atoms with van der Waals surface area (Å²) in [6, 6.07) is 16.6. The Morgan fingerprint density at radius 2 is 1.97 bits per heavy atom. The van der Waals surface area contributed by atoms with Crippen LogP contribution in [0.2, 0.25) is 0 Å². The normalized spacial score (nSPS) is 14.1. The molecule has 0 saturated heterocycles. The zero-order chi connectivity index (χ0) is 22.9. The van der Waals surface area contributed by atoms with Gasteiger partial charge in [-0.2, -0.15) is 5.10 Å². The minimum atomic E-state index is -0.171. The van der Waals surface area contributed by atoms with Crippen LogP contribution in [0.5, 0.6) is 0 Å². The van der Waals surface area contributed by atoms with Gasteiger partial charge in [-0.05, 0) is 52.9 Å². The summed E-state index contributed by atoms with van der Waals surface area (Å²) in [4.78, 5) is 13.6. The SMILES string of the molecule is Cn1ccc2ccc(-c3cc(N[C@@H](C4=NNCC=C4)c4cccnc4)cc4nccnc34)cc21. The Bertz CT molecular complexity index is 1550. The number of hydrogen-bond acceptors (Lipinski definition) is 6. The molecule has 1 atom stereocenters. The Morgan fingerprint density at radius 3 is 2.82 bits per heavy atom. The molecule has 4 heterocycles. The van der Waals surface area contributed by atoms with Crippen molar-refractivity contribution in [2.75, 3.05) is 11.9 Å². The lowest BCUT2D eigenvalue weighted by Crippen LogP contribution is -2.25. The quantitative estimate of drug-likeness (QED) is 0.404. The van der Waals surface area contributed by atoms with Crippen molar-refractivity contribution in [3.63, 3.8) is 0 Å². The molecule has 0 unspecified atom stereocenters. The molecule has 0 radical (unpaired) electrons. The molecule has 2 aromatic carbocycles. The Morgan fingerprint density at radius 1 is 1.03 bits per heavy atom. The Balaban J connectivity index is 1.48. The third kappa shape index (κ3) is 3.67. The highest BCUT2D eigenvalue weighted by Gasteiger charge is 2.20. The lowest BCUT2D eigenvalue weighted by atomic mass is 9.99. The number of pyridine rings is 1. The van der Waals surface area contributed by atoms with E-state index in [-0.39, 0.29) is 6.04 Å². The van der Waals surface area contributed by atoms with Gasteiger partial charge in [-0.1, -0.05) is 24.3 Å². The minimum absolute atomic E-state index is 0.171. The first-order valence-electron chi connectivity index (χ1n) is 11.2. The predicted molar refractivity (Wildman–Crippen MR) is 137 cm³/mol. The maximum Gasteiger partial charge on any atom is 0.0972 e. The van der Waals surface area contributed by atoms with E-state index in [2.05, 4.69) is 91.1 Å². The molecule has 0 saturated carbocycles. The van der Waals surface area contributed by atoms with Crippen molar-refractivity contribution in [3.05, 3.63) is 97.2 Å². The molecule has 3 aromatic heterocycles. The van der Waals surface area contributed by atoms with E-state index in [1.165, 1.54) is 10.9 Å². The van der Waals surface area contributed by atoms with E-state index in [4.69, 9.17) is 0 Å². The number of benzene rings is 2. The largest absolute Gasteiger partial charge is 0.373 e. The molecule has 7 nitrogen and oxygen atoms in total. The zero-order valence-corrected chi connectivity index (χ0v) is 18.7. The molecule has 34 heavy (non-hydrogen) atoms. The molecule has 6 rings (SSSR count). The van der Waals surface area contributed by atoms with Crippen molar-refractivity contribution >= 4 is 33.3 Å². The Labute approximate surface area is 196 Å². The van der Waals surface area contributed by atoms with Crippen molar-refractivity contribution in [2.45, 2.75) is 6.04 Å². The summed E-state index contributed by atoms with van der Waals surface area (Å²) in [7, 11) is 2.06. The lowest BCUT2D eigenvalue weighted by molar-refractivity contribution is 0.801. The van der Waals surface area contributed by atoms with Gasteiger partial charge in [-0.15, -0.1) is 0 Å². The van der Waals surface area contributed by atoms with Gasteiger partial charge < -0.3 is 15.3 Å². The summed E-state index contributed by atoms with van der Waals surface area (Å²) in [5, 5.41) is 9.43. The molecule has 166 valence electrons. The van der Waals surface area contributed by atoms with Crippen LogP contribution in [-0.4, -0.2) is 31.8 Å². The number of fused-ring (bicyclic) bond motifs is 2. The fourth-order valence-corrected chi connectivity index (χ4v) is 4.42. The maximum atomic E-state index is 4.66. The molecule has 0 spiro atoms. The van der Waals surface area contributed by atoms with Crippen LogP contribution in [-0.2, 0) is 7.05 Å². The highest BCUT2D eigenvalue weighted by molar-refractivity contribution is 6.03. The number of hydrogen-bond donors (Lipinski definition) is 2. The first-order chi connectivity index (χ1) is 16.8. The number of nitrogens with one attached hydrogen (secondary N) is 2. The van der Waals surface area contributed by atoms with Crippen molar-refractivity contribution in [2.24, 2.45) is 12.1 Å². The van der Waals surface area contributed by atoms with Gasteiger partial charge in [0.15, 0.2) is 0 Å². The summed E-state index contributed by atoms with van der Waals surface area (Å²) < 4.78 is 2.13. The lowest BCUT2D eigenvalue weighted by Gasteiger charge is -2.22. The molecule has 7 heteroatoms. The first-order valence-corrected chi connectivity index (χ1v) is 11.2. The van der Waals surface area contributed by atoms with Crippen LogP contribution >= 0.6 is 0 Å². The smallest absolute Gasteiger partial charge is 0.0972 e. The molecule has 1 aliphatic heterocycles. The van der Waals surface area contributed by atoms with E-state index in [0.717, 1.165) is 45.7 Å². The molecular weight excluding hydrogens is 422 g/mol. The maximum absolute atomic E-state index is 4.66. The highest BCUT2D eigenvalue weighted by Crippen LogP contribution is 2.33. The molecule has 0 bridgehead atoms. The number of aryl methyl sites for hydroxylation is 1. The second kappa shape index (κ2) is 8.44. The second-order valence-corrected chi connectivity index (χ2v) is 8.31. The third-order valence-electron chi connectivity index (χ3n) is 6.10. The average Bonchev–Trinajstić information content (AvgIpc) is 3.27. The van der Waals surface area contributed by atoms with Crippen molar-refractivity contribution < 1.29 is 0 Å². The number of hydrazone groups is 1. The summed E-state index contributed by atoms with van der Waals surface area (Å²) >= 11 is 0. The van der Waals surface area contributed by atoms with Gasteiger partial charge in [0.1, 0.15) is 0 Å². The fourth-order valence-electron chi connectivity index (χ4n) is 4.42. The van der Waals surface area contributed by atoms with Crippen LogP contribution in [0.3, 0.4) is 0 Å². The van der Waals surface area contributed by atoms with Crippen molar-refractivity contribution in [1.29, 1.82) is 0 Å². The van der Waals surface area contributed by atoms with E-state index in [1.807, 2.05) is 24.4 Å². The van der Waals surface area contributed by atoms with E-state index in [0.29, 0.717) is 0 Å². The summed E-state index contributed by atoms with van der Waals surface area (Å²) in [6.45, 7) is 0.723. The van der Waals surface area contributed by atoms with Crippen LogP contribution in [0.1, 0.15) is 11.6 Å². The van der Waals surface area contributed by atoms with Gasteiger partial charge in [0, 0.05) is 54.8 Å². The van der Waals surface area contributed by atoms with Gasteiger partial charge in [0.05, 0.1) is 29.3 Å². The monoisotopic (exact) mass is 445 g/mol. The van der Waals surface area contributed by atoms with Crippen molar-refractivity contribution in [1.82, 2.24) is 24.9 Å². The number of anilines is 1. The fraction of sp³-hybridized carbons (Fsp3) is 0.111. The standard InChI is InChI=1S/C27H23N7/c1-34-13-8-18-6-7-19(14-25(18)34)22-15-21(16-24-27(22)30-12-11-29-24)32-26(20-4-2-9-28-17-20)23-5-3-10-31-33-23/h2-9,11-17,26,31-32H,10H2,1H3/t26-/m1/s1. The summed E-state index contributed by atoms with van der Waals surface area (Å²) in [5.41, 5.74) is 10.9. The molecule has 0 fully saturated rings.